The molecule has 0 amide bonds. The Balaban J connectivity index is 1.98. The zero-order valence-corrected chi connectivity index (χ0v) is 14.1. The molecule has 0 aliphatic heterocycles. The average molecular weight is 391 g/mol. The summed E-state index contributed by atoms with van der Waals surface area (Å²) < 4.78 is 28.5. The number of aromatic nitrogens is 2. The topological polar surface area (TPSA) is 34.9 Å². The lowest BCUT2D eigenvalue weighted by atomic mass is 10.0. The van der Waals surface area contributed by atoms with Crippen molar-refractivity contribution in [1.82, 2.24) is 9.55 Å². The summed E-state index contributed by atoms with van der Waals surface area (Å²) in [6.45, 7) is 0.444. The molecule has 6 heteroatoms. The third-order valence-electron chi connectivity index (χ3n) is 3.63. The highest BCUT2D eigenvalue weighted by Gasteiger charge is 2.24. The van der Waals surface area contributed by atoms with Crippen LogP contribution in [-0.4, -0.2) is 15.3 Å². The maximum atomic E-state index is 13.3. The lowest BCUT2D eigenvalue weighted by Gasteiger charge is -2.11. The second kappa shape index (κ2) is 7.05. The Morgan fingerprint density at radius 2 is 1.88 bits per heavy atom. The molecule has 24 heavy (non-hydrogen) atoms. The molecule has 1 heterocycles. The molecule has 3 aromatic rings. The van der Waals surface area contributed by atoms with Crippen LogP contribution in [0.5, 0.6) is 0 Å². The first-order chi connectivity index (χ1) is 11.6. The van der Waals surface area contributed by atoms with Gasteiger partial charge >= 0.3 is 0 Å². The Morgan fingerprint density at radius 1 is 1.12 bits per heavy atom. The summed E-state index contributed by atoms with van der Waals surface area (Å²) in [6.07, 6.45) is 0.410. The van der Waals surface area contributed by atoms with Gasteiger partial charge in [0.1, 0.15) is 0 Å². The van der Waals surface area contributed by atoms with Crippen LogP contribution in [0, 0.1) is 0 Å². The van der Waals surface area contributed by atoms with Crippen LogP contribution in [0.1, 0.15) is 33.7 Å². The van der Waals surface area contributed by atoms with Gasteiger partial charge in [-0.3, -0.25) is 4.79 Å². The standard InChI is InChI=1S/C18H13BrF2N2O/c19-14-8-4-7-13(15(14)17(20)21)16(24)18-22-9-10-23(18)11-12-5-2-1-3-6-12/h1-10,17H,11H2. The smallest absolute Gasteiger partial charge is 0.265 e. The Morgan fingerprint density at radius 3 is 2.58 bits per heavy atom. The number of nitrogens with zero attached hydrogens (tertiary/aromatic N) is 2. The van der Waals surface area contributed by atoms with Crippen LogP contribution >= 0.6 is 15.9 Å². The molecule has 3 rings (SSSR count). The zero-order valence-electron chi connectivity index (χ0n) is 12.5. The van der Waals surface area contributed by atoms with Crippen LogP contribution in [0.2, 0.25) is 0 Å². The molecule has 2 aromatic carbocycles. The molecule has 0 unspecified atom stereocenters. The third kappa shape index (κ3) is 3.28. The quantitative estimate of drug-likeness (QED) is 0.582. The van der Waals surface area contributed by atoms with Crippen molar-refractivity contribution in [3.8, 4) is 0 Å². The van der Waals surface area contributed by atoms with Crippen LogP contribution in [0.4, 0.5) is 8.78 Å². The monoisotopic (exact) mass is 390 g/mol. The van der Waals surface area contributed by atoms with Gasteiger partial charge in [-0.1, -0.05) is 58.4 Å². The molecular weight excluding hydrogens is 378 g/mol. The van der Waals surface area contributed by atoms with E-state index in [-0.39, 0.29) is 21.4 Å². The Bertz CT molecular complexity index is 862. The number of hydrogen-bond acceptors (Lipinski definition) is 2. The van der Waals surface area contributed by atoms with Crippen LogP contribution in [0.3, 0.4) is 0 Å². The summed E-state index contributed by atoms with van der Waals surface area (Å²) in [5, 5.41) is 0. The van der Waals surface area contributed by atoms with E-state index < -0.39 is 12.2 Å². The number of benzene rings is 2. The maximum absolute atomic E-state index is 13.3. The number of alkyl halides is 2. The van der Waals surface area contributed by atoms with Gasteiger partial charge in [-0.15, -0.1) is 0 Å². The summed E-state index contributed by atoms with van der Waals surface area (Å²) in [7, 11) is 0. The van der Waals surface area contributed by atoms with Crippen molar-refractivity contribution in [3.05, 3.63) is 87.9 Å². The van der Waals surface area contributed by atoms with E-state index in [2.05, 4.69) is 20.9 Å². The largest absolute Gasteiger partial charge is 0.324 e. The van der Waals surface area contributed by atoms with Crippen molar-refractivity contribution in [3.63, 3.8) is 0 Å². The molecule has 0 aliphatic carbocycles. The molecule has 0 bridgehead atoms. The number of rotatable bonds is 5. The van der Waals surface area contributed by atoms with Gasteiger partial charge in [0.25, 0.3) is 6.43 Å². The van der Waals surface area contributed by atoms with Crippen LogP contribution < -0.4 is 0 Å². The van der Waals surface area contributed by atoms with E-state index >= 15 is 0 Å². The predicted octanol–water partition coefficient (Wildman–Crippen LogP) is 4.86. The van der Waals surface area contributed by atoms with Gasteiger partial charge in [0, 0.05) is 34.5 Å². The first-order valence-electron chi connectivity index (χ1n) is 7.24. The van der Waals surface area contributed by atoms with Crippen LogP contribution in [0.25, 0.3) is 0 Å². The third-order valence-corrected chi connectivity index (χ3v) is 4.32. The second-order valence-corrected chi connectivity index (χ2v) is 6.05. The molecule has 0 N–H and O–H groups in total. The summed E-state index contributed by atoms with van der Waals surface area (Å²) in [4.78, 5) is 16.8. The molecule has 3 nitrogen and oxygen atoms in total. The Hall–Kier alpha value is -2.34. The highest BCUT2D eigenvalue weighted by Crippen LogP contribution is 2.31. The normalized spacial score (nSPS) is 11.0. The van der Waals surface area contributed by atoms with Crippen molar-refractivity contribution in [2.75, 3.05) is 0 Å². The number of carbonyl (C=O) groups excluding carboxylic acids is 1. The number of halogens is 3. The van der Waals surface area contributed by atoms with Crippen molar-refractivity contribution in [2.24, 2.45) is 0 Å². The summed E-state index contributed by atoms with van der Waals surface area (Å²) in [6, 6.07) is 14.0. The Kier molecular flexibility index (Phi) is 4.85. The van der Waals surface area contributed by atoms with Gasteiger partial charge in [0.2, 0.25) is 5.78 Å². The molecule has 0 atom stereocenters. The maximum Gasteiger partial charge on any atom is 0.265 e. The van der Waals surface area contributed by atoms with Gasteiger partial charge in [0.05, 0.1) is 0 Å². The minimum atomic E-state index is -2.75. The van der Waals surface area contributed by atoms with E-state index in [4.69, 9.17) is 0 Å². The van der Waals surface area contributed by atoms with Gasteiger partial charge < -0.3 is 4.57 Å². The van der Waals surface area contributed by atoms with Gasteiger partial charge in [-0.2, -0.15) is 0 Å². The van der Waals surface area contributed by atoms with E-state index in [0.29, 0.717) is 6.54 Å². The van der Waals surface area contributed by atoms with Crippen molar-refractivity contribution < 1.29 is 13.6 Å². The molecule has 0 saturated carbocycles. The van der Waals surface area contributed by atoms with E-state index in [1.54, 1.807) is 16.8 Å². The van der Waals surface area contributed by atoms with Crippen molar-refractivity contribution in [1.29, 1.82) is 0 Å². The minimum absolute atomic E-state index is 0.0418. The molecule has 122 valence electrons. The molecule has 0 saturated heterocycles. The van der Waals surface area contributed by atoms with Gasteiger partial charge in [0.15, 0.2) is 5.82 Å². The number of ketones is 1. The first kappa shape index (κ1) is 16.5. The lowest BCUT2D eigenvalue weighted by Crippen LogP contribution is -2.14. The average Bonchev–Trinajstić information content (AvgIpc) is 3.02. The summed E-state index contributed by atoms with van der Waals surface area (Å²) in [5.41, 5.74) is 0.643. The van der Waals surface area contributed by atoms with E-state index in [9.17, 15) is 13.6 Å². The molecule has 0 radical (unpaired) electrons. The minimum Gasteiger partial charge on any atom is -0.324 e. The number of hydrogen-bond donors (Lipinski definition) is 0. The number of carbonyl (C=O) groups is 1. The van der Waals surface area contributed by atoms with E-state index in [0.717, 1.165) is 5.56 Å². The second-order valence-electron chi connectivity index (χ2n) is 5.20. The molecule has 0 fully saturated rings. The lowest BCUT2D eigenvalue weighted by molar-refractivity contribution is 0.101. The van der Waals surface area contributed by atoms with Gasteiger partial charge in [-0.25, -0.2) is 13.8 Å². The fourth-order valence-corrected chi connectivity index (χ4v) is 3.04. The highest BCUT2D eigenvalue weighted by atomic mass is 79.9. The fourth-order valence-electron chi connectivity index (χ4n) is 2.50. The Labute approximate surface area is 146 Å². The van der Waals surface area contributed by atoms with E-state index in [1.807, 2.05) is 30.3 Å². The summed E-state index contributed by atoms with van der Waals surface area (Å²) in [5.74, 6) is -0.383. The SMILES string of the molecule is O=C(c1cccc(Br)c1C(F)F)c1nccn1Cc1ccccc1. The van der Waals surface area contributed by atoms with Gasteiger partial charge in [-0.05, 0) is 11.6 Å². The fraction of sp³-hybridized carbons (Fsp3) is 0.111. The van der Waals surface area contributed by atoms with Crippen molar-refractivity contribution in [2.45, 2.75) is 13.0 Å². The summed E-state index contributed by atoms with van der Waals surface area (Å²) >= 11 is 3.09. The number of imidazole rings is 1. The van der Waals surface area contributed by atoms with Crippen molar-refractivity contribution >= 4 is 21.7 Å². The molecule has 0 aliphatic rings. The van der Waals surface area contributed by atoms with Crippen LogP contribution in [-0.2, 0) is 6.54 Å². The van der Waals surface area contributed by atoms with E-state index in [1.165, 1.54) is 18.3 Å². The zero-order chi connectivity index (χ0) is 17.1. The highest BCUT2D eigenvalue weighted by molar-refractivity contribution is 9.10. The molecule has 0 spiro atoms. The first-order valence-corrected chi connectivity index (χ1v) is 8.03. The van der Waals surface area contributed by atoms with Crippen LogP contribution in [0.15, 0.2) is 65.4 Å². The molecule has 1 aromatic heterocycles. The predicted molar refractivity (Wildman–Crippen MR) is 90.3 cm³/mol. The molecular formula is C18H13BrF2N2O.